The zero-order chi connectivity index (χ0) is 21.9. The van der Waals surface area contributed by atoms with Gasteiger partial charge in [-0.2, -0.15) is 0 Å². The minimum atomic E-state index is -0.275. The third-order valence-electron chi connectivity index (χ3n) is 4.17. The van der Waals surface area contributed by atoms with Crippen molar-refractivity contribution in [1.82, 2.24) is 0 Å². The summed E-state index contributed by atoms with van der Waals surface area (Å²) in [7, 11) is 0. The highest BCUT2D eigenvalue weighted by molar-refractivity contribution is 6.07. The van der Waals surface area contributed by atoms with E-state index in [-0.39, 0.29) is 11.7 Å². The van der Waals surface area contributed by atoms with E-state index in [0.29, 0.717) is 23.6 Å². The fourth-order valence-electron chi connectivity index (χ4n) is 2.62. The molecule has 1 amide bonds. The fourth-order valence-corrected chi connectivity index (χ4v) is 2.62. The molecule has 3 aromatic carbocycles. The van der Waals surface area contributed by atoms with Gasteiger partial charge in [0, 0.05) is 5.57 Å². The lowest BCUT2D eigenvalue weighted by atomic mass is 10.1. The molecule has 3 rings (SSSR count). The van der Waals surface area contributed by atoms with Crippen molar-refractivity contribution in [2.45, 2.75) is 13.5 Å². The molecule has 0 aliphatic heterocycles. The number of rotatable bonds is 6. The molecule has 0 heterocycles. The van der Waals surface area contributed by atoms with Gasteiger partial charge in [0.2, 0.25) is 0 Å². The predicted octanol–water partition coefficient (Wildman–Crippen LogP) is 5.52. The molecule has 0 radical (unpaired) electrons. The number of hydrogen-bond acceptors (Lipinski definition) is 3. The molecule has 0 atom stereocenters. The quantitative estimate of drug-likeness (QED) is 0.194. The second kappa shape index (κ2) is 11.3. The highest BCUT2D eigenvalue weighted by Crippen LogP contribution is 2.18. The van der Waals surface area contributed by atoms with E-state index in [9.17, 15) is 9.18 Å². The number of amides is 1. The number of nitrogens with zero attached hydrogens (tertiary/aromatic N) is 1. The van der Waals surface area contributed by atoms with Crippen molar-refractivity contribution in [1.29, 1.82) is 0 Å². The summed E-state index contributed by atoms with van der Waals surface area (Å²) in [5.41, 5.74) is 2.90. The summed E-state index contributed by atoms with van der Waals surface area (Å²) in [6, 6.07) is 22.6. The van der Waals surface area contributed by atoms with Crippen molar-refractivity contribution in [3.8, 4) is 5.75 Å². The number of hydrogen-bond donors (Lipinski definition) is 1. The number of carbonyl (C=O) groups is 1. The number of hydrazine groups is 1. The number of benzene rings is 3. The summed E-state index contributed by atoms with van der Waals surface area (Å²) in [5.74, 6) is 6.07. The Kier molecular flexibility index (Phi) is 8.54. The zero-order valence-corrected chi connectivity index (χ0v) is 16.9. The van der Waals surface area contributed by atoms with E-state index in [4.69, 9.17) is 10.6 Å². The second-order valence-corrected chi connectivity index (χ2v) is 6.32. The molecule has 5 heteroatoms. The summed E-state index contributed by atoms with van der Waals surface area (Å²) in [6.07, 6.45) is 1.77. The number of ether oxygens (including phenoxy) is 1. The average Bonchev–Trinajstić information content (AvgIpc) is 2.80. The molecule has 0 saturated carbocycles. The fraction of sp³-hybridized carbons (Fsp3) is 0.0800. The van der Waals surface area contributed by atoms with Crippen LogP contribution in [0.2, 0.25) is 0 Å². The zero-order valence-electron chi connectivity index (χ0n) is 16.9. The normalized spacial score (nSPS) is 10.6. The first kappa shape index (κ1) is 22.6. The Bertz CT molecular complexity index is 968. The summed E-state index contributed by atoms with van der Waals surface area (Å²) < 4.78 is 18.6. The van der Waals surface area contributed by atoms with E-state index in [1.165, 1.54) is 12.1 Å². The summed E-state index contributed by atoms with van der Waals surface area (Å²) >= 11 is 0. The molecular weight excluding hydrogens is 379 g/mol. The number of carbonyl (C=O) groups excluding carboxylic acids is 1. The average molecular weight is 404 g/mol. The molecule has 154 valence electrons. The van der Waals surface area contributed by atoms with Crippen LogP contribution in [0.5, 0.6) is 5.75 Å². The SMILES string of the molecule is C/C(=C\c1ccc(OCc2ccc(F)cc2)cc1)C(=O)N(N)c1ccccc1.C=C. The highest BCUT2D eigenvalue weighted by Gasteiger charge is 2.13. The Labute approximate surface area is 176 Å². The molecule has 4 nitrogen and oxygen atoms in total. The Morgan fingerprint density at radius 3 is 2.20 bits per heavy atom. The lowest BCUT2D eigenvalue weighted by Crippen LogP contribution is -2.37. The van der Waals surface area contributed by atoms with Gasteiger partial charge in [0.15, 0.2) is 0 Å². The van der Waals surface area contributed by atoms with Gasteiger partial charge in [-0.25, -0.2) is 15.2 Å². The van der Waals surface area contributed by atoms with Crippen LogP contribution in [-0.2, 0) is 11.4 Å². The molecule has 0 aliphatic rings. The number of nitrogens with two attached hydrogens (primary N) is 1. The third kappa shape index (κ3) is 6.43. The van der Waals surface area contributed by atoms with E-state index in [1.807, 2.05) is 42.5 Å². The molecule has 0 spiro atoms. The van der Waals surface area contributed by atoms with Gasteiger partial charge in [0.05, 0.1) is 5.69 Å². The molecule has 30 heavy (non-hydrogen) atoms. The van der Waals surface area contributed by atoms with E-state index in [2.05, 4.69) is 13.2 Å². The van der Waals surface area contributed by atoms with Crippen molar-refractivity contribution < 1.29 is 13.9 Å². The van der Waals surface area contributed by atoms with Crippen molar-refractivity contribution >= 4 is 17.7 Å². The molecular formula is C25H25FN2O2. The van der Waals surface area contributed by atoms with Crippen LogP contribution in [-0.4, -0.2) is 5.91 Å². The maximum atomic E-state index is 12.9. The molecule has 0 bridgehead atoms. The first-order chi connectivity index (χ1) is 14.5. The Morgan fingerprint density at radius 2 is 1.60 bits per heavy atom. The summed E-state index contributed by atoms with van der Waals surface area (Å²) in [4.78, 5) is 12.5. The largest absolute Gasteiger partial charge is 0.489 e. The first-order valence-electron chi connectivity index (χ1n) is 9.33. The minimum Gasteiger partial charge on any atom is -0.489 e. The van der Waals surface area contributed by atoms with Gasteiger partial charge in [-0.05, 0) is 60.5 Å². The molecule has 0 aromatic heterocycles. The lowest BCUT2D eigenvalue weighted by molar-refractivity contribution is -0.115. The monoisotopic (exact) mass is 404 g/mol. The number of halogens is 1. The van der Waals surface area contributed by atoms with E-state index in [0.717, 1.165) is 16.1 Å². The van der Waals surface area contributed by atoms with E-state index < -0.39 is 0 Å². The number of para-hydroxylation sites is 1. The molecule has 0 aliphatic carbocycles. The van der Waals surface area contributed by atoms with Gasteiger partial charge in [-0.3, -0.25) is 4.79 Å². The van der Waals surface area contributed by atoms with Crippen LogP contribution in [0.4, 0.5) is 10.1 Å². The van der Waals surface area contributed by atoms with Crippen LogP contribution in [0.1, 0.15) is 18.1 Å². The van der Waals surface area contributed by atoms with Gasteiger partial charge in [0.25, 0.3) is 5.91 Å². The van der Waals surface area contributed by atoms with Gasteiger partial charge < -0.3 is 4.74 Å². The molecule has 0 fully saturated rings. The number of anilines is 1. The van der Waals surface area contributed by atoms with Gasteiger partial charge in [-0.1, -0.05) is 42.5 Å². The standard InChI is InChI=1S/C23H21FN2O2.C2H4/c1-17(23(27)26(25)21-5-3-2-4-6-21)15-18-9-13-22(14-10-18)28-16-19-7-11-20(24)12-8-19;1-2/h2-15H,16,25H2,1H3;1-2H2/b17-15+;. The van der Waals surface area contributed by atoms with Crippen molar-refractivity contribution in [2.24, 2.45) is 5.84 Å². The van der Waals surface area contributed by atoms with Crippen LogP contribution in [0.3, 0.4) is 0 Å². The van der Waals surface area contributed by atoms with Crippen LogP contribution in [0, 0.1) is 5.82 Å². The van der Waals surface area contributed by atoms with Crippen molar-refractivity contribution in [3.63, 3.8) is 0 Å². The van der Waals surface area contributed by atoms with Crippen molar-refractivity contribution in [3.05, 3.63) is 115 Å². The Balaban J connectivity index is 0.00000155. The van der Waals surface area contributed by atoms with Gasteiger partial charge in [0.1, 0.15) is 18.2 Å². The minimum absolute atomic E-state index is 0.270. The van der Waals surface area contributed by atoms with Crippen molar-refractivity contribution in [2.75, 3.05) is 5.01 Å². The topological polar surface area (TPSA) is 55.6 Å². The third-order valence-corrected chi connectivity index (χ3v) is 4.17. The maximum absolute atomic E-state index is 12.9. The van der Waals surface area contributed by atoms with Crippen LogP contribution in [0.15, 0.2) is 97.6 Å². The molecule has 2 N–H and O–H groups in total. The van der Waals surface area contributed by atoms with E-state index >= 15 is 0 Å². The molecule has 0 unspecified atom stereocenters. The van der Waals surface area contributed by atoms with Gasteiger partial charge >= 0.3 is 0 Å². The summed E-state index contributed by atoms with van der Waals surface area (Å²) in [6.45, 7) is 8.08. The van der Waals surface area contributed by atoms with Crippen LogP contribution in [0.25, 0.3) is 6.08 Å². The maximum Gasteiger partial charge on any atom is 0.268 e. The second-order valence-electron chi connectivity index (χ2n) is 6.32. The summed E-state index contributed by atoms with van der Waals surface area (Å²) in [5, 5.41) is 1.13. The molecule has 0 saturated heterocycles. The predicted molar refractivity (Wildman–Crippen MR) is 120 cm³/mol. The van der Waals surface area contributed by atoms with Crippen LogP contribution < -0.4 is 15.6 Å². The molecule has 3 aromatic rings. The van der Waals surface area contributed by atoms with Crippen LogP contribution >= 0.6 is 0 Å². The highest BCUT2D eigenvalue weighted by atomic mass is 19.1. The Morgan fingerprint density at radius 1 is 1.00 bits per heavy atom. The Hall–Kier alpha value is -3.70. The lowest BCUT2D eigenvalue weighted by Gasteiger charge is -2.16. The smallest absolute Gasteiger partial charge is 0.268 e. The van der Waals surface area contributed by atoms with E-state index in [1.54, 1.807) is 37.3 Å². The first-order valence-corrected chi connectivity index (χ1v) is 9.33. The van der Waals surface area contributed by atoms with Gasteiger partial charge in [-0.15, -0.1) is 13.2 Å².